The first-order valence-corrected chi connectivity index (χ1v) is 4.56. The van der Waals surface area contributed by atoms with Gasteiger partial charge in [0, 0.05) is 0 Å². The summed E-state index contributed by atoms with van der Waals surface area (Å²) in [5.41, 5.74) is 1.58. The average molecular weight is 206 g/mol. The van der Waals surface area contributed by atoms with E-state index in [4.69, 9.17) is 9.47 Å². The predicted molar refractivity (Wildman–Crippen MR) is 59.3 cm³/mol. The first kappa shape index (κ1) is 11.3. The monoisotopic (exact) mass is 206 g/mol. The molecule has 3 nitrogen and oxygen atoms in total. The van der Waals surface area contributed by atoms with Crippen LogP contribution in [0.5, 0.6) is 11.5 Å². The molecule has 3 heteroatoms. The summed E-state index contributed by atoms with van der Waals surface area (Å²) >= 11 is 0. The molecule has 0 heterocycles. The largest absolute Gasteiger partial charge is 0.493 e. The number of carbonyl (C=O) groups excluding carboxylic acids is 1. The normalized spacial score (nSPS) is 11.0. The van der Waals surface area contributed by atoms with Gasteiger partial charge < -0.3 is 9.47 Å². The maximum Gasteiger partial charge on any atom is 0.161 e. The van der Waals surface area contributed by atoms with E-state index in [1.54, 1.807) is 27.2 Å². The molecule has 0 bridgehead atoms. The Morgan fingerprint density at radius 2 is 1.87 bits per heavy atom. The van der Waals surface area contributed by atoms with Gasteiger partial charge in [-0.25, -0.2) is 0 Å². The second kappa shape index (κ2) is 5.20. The van der Waals surface area contributed by atoms with Crippen molar-refractivity contribution in [3.05, 3.63) is 29.3 Å². The van der Waals surface area contributed by atoms with Crippen LogP contribution in [-0.4, -0.2) is 20.5 Å². The van der Waals surface area contributed by atoms with Crippen molar-refractivity contribution < 1.29 is 14.3 Å². The van der Waals surface area contributed by atoms with Crippen molar-refractivity contribution in [2.45, 2.75) is 6.92 Å². The minimum absolute atomic E-state index is 0.657. The molecule has 0 aliphatic heterocycles. The zero-order valence-corrected chi connectivity index (χ0v) is 9.11. The van der Waals surface area contributed by atoms with E-state index in [2.05, 4.69) is 0 Å². The quantitative estimate of drug-likeness (QED) is 0.560. The minimum atomic E-state index is 0.657. The van der Waals surface area contributed by atoms with E-state index < -0.39 is 0 Å². The third-order valence-corrected chi connectivity index (χ3v) is 1.99. The van der Waals surface area contributed by atoms with Crippen molar-refractivity contribution in [3.8, 4) is 11.5 Å². The Hall–Kier alpha value is -1.77. The van der Waals surface area contributed by atoms with Gasteiger partial charge in [0.15, 0.2) is 11.5 Å². The molecule has 1 aromatic carbocycles. The van der Waals surface area contributed by atoms with E-state index in [0.717, 1.165) is 11.8 Å². The third-order valence-electron chi connectivity index (χ3n) is 1.99. The van der Waals surface area contributed by atoms with Crippen LogP contribution in [0.1, 0.15) is 12.5 Å². The molecule has 0 aliphatic rings. The van der Waals surface area contributed by atoms with Gasteiger partial charge >= 0.3 is 0 Å². The average Bonchev–Trinajstić information content (AvgIpc) is 2.28. The summed E-state index contributed by atoms with van der Waals surface area (Å²) < 4.78 is 10.3. The van der Waals surface area contributed by atoms with Gasteiger partial charge in [0.2, 0.25) is 0 Å². The van der Waals surface area contributed by atoms with Crippen molar-refractivity contribution in [2.75, 3.05) is 14.2 Å². The molecule has 0 aromatic heterocycles. The van der Waals surface area contributed by atoms with Crippen LogP contribution < -0.4 is 9.47 Å². The minimum Gasteiger partial charge on any atom is -0.493 e. The Morgan fingerprint density at radius 1 is 1.20 bits per heavy atom. The van der Waals surface area contributed by atoms with Crippen LogP contribution in [-0.2, 0) is 4.79 Å². The number of rotatable bonds is 4. The van der Waals surface area contributed by atoms with E-state index in [1.165, 1.54) is 0 Å². The molecular weight excluding hydrogens is 192 g/mol. The van der Waals surface area contributed by atoms with Crippen molar-refractivity contribution in [2.24, 2.45) is 0 Å². The zero-order chi connectivity index (χ0) is 11.3. The molecule has 1 rings (SSSR count). The summed E-state index contributed by atoms with van der Waals surface area (Å²) in [4.78, 5) is 10.5. The van der Waals surface area contributed by atoms with Gasteiger partial charge in [-0.1, -0.05) is 6.07 Å². The maximum absolute atomic E-state index is 10.5. The highest BCUT2D eigenvalue weighted by Gasteiger charge is 2.02. The van der Waals surface area contributed by atoms with E-state index in [-0.39, 0.29) is 0 Å². The summed E-state index contributed by atoms with van der Waals surface area (Å²) in [5, 5.41) is 0. The summed E-state index contributed by atoms with van der Waals surface area (Å²) in [6.07, 6.45) is 2.60. The number of carbonyl (C=O) groups is 1. The number of hydrogen-bond acceptors (Lipinski definition) is 3. The highest BCUT2D eigenvalue weighted by Crippen LogP contribution is 2.28. The maximum atomic E-state index is 10.5. The second-order valence-corrected chi connectivity index (χ2v) is 3.12. The van der Waals surface area contributed by atoms with Gasteiger partial charge in [-0.3, -0.25) is 4.79 Å². The highest BCUT2D eigenvalue weighted by molar-refractivity contribution is 5.81. The first-order valence-electron chi connectivity index (χ1n) is 4.56. The van der Waals surface area contributed by atoms with Crippen LogP contribution in [0.3, 0.4) is 0 Å². The molecule has 1 aromatic rings. The van der Waals surface area contributed by atoms with Crippen molar-refractivity contribution >= 4 is 12.4 Å². The molecule has 0 N–H and O–H groups in total. The lowest BCUT2D eigenvalue weighted by Gasteiger charge is -2.07. The molecule has 0 saturated carbocycles. The molecule has 0 radical (unpaired) electrons. The van der Waals surface area contributed by atoms with Gasteiger partial charge in [-0.05, 0) is 36.3 Å². The summed E-state index contributed by atoms with van der Waals surface area (Å²) in [6, 6.07) is 5.50. The zero-order valence-electron chi connectivity index (χ0n) is 9.11. The fraction of sp³-hybridized carbons (Fsp3) is 0.250. The summed E-state index contributed by atoms with van der Waals surface area (Å²) in [5.74, 6) is 1.34. The SMILES string of the molecule is COc1ccc(C=C(C)C=O)cc1OC. The molecule has 15 heavy (non-hydrogen) atoms. The van der Waals surface area contributed by atoms with Gasteiger partial charge in [-0.15, -0.1) is 0 Å². The molecule has 0 aliphatic carbocycles. The Balaban J connectivity index is 3.08. The van der Waals surface area contributed by atoms with Crippen LogP contribution in [0, 0.1) is 0 Å². The lowest BCUT2D eigenvalue weighted by molar-refractivity contribution is -0.104. The lowest BCUT2D eigenvalue weighted by atomic mass is 10.1. The van der Waals surface area contributed by atoms with Gasteiger partial charge in [0.1, 0.15) is 6.29 Å². The number of methoxy groups -OCH3 is 2. The van der Waals surface area contributed by atoms with Crippen LogP contribution in [0.15, 0.2) is 23.8 Å². The van der Waals surface area contributed by atoms with Crippen LogP contribution in [0.25, 0.3) is 6.08 Å². The highest BCUT2D eigenvalue weighted by atomic mass is 16.5. The van der Waals surface area contributed by atoms with Crippen molar-refractivity contribution in [3.63, 3.8) is 0 Å². The molecule has 0 fully saturated rings. The van der Waals surface area contributed by atoms with Crippen molar-refractivity contribution in [1.29, 1.82) is 0 Å². The van der Waals surface area contributed by atoms with Crippen LogP contribution in [0.2, 0.25) is 0 Å². The smallest absolute Gasteiger partial charge is 0.161 e. The number of allylic oxidation sites excluding steroid dienone is 1. The lowest BCUT2D eigenvalue weighted by Crippen LogP contribution is -1.90. The number of ether oxygens (including phenoxy) is 2. The summed E-state index contributed by atoms with van der Waals surface area (Å²) in [6.45, 7) is 1.75. The molecule has 80 valence electrons. The Morgan fingerprint density at radius 3 is 2.40 bits per heavy atom. The van der Waals surface area contributed by atoms with E-state index in [9.17, 15) is 4.79 Å². The fourth-order valence-corrected chi connectivity index (χ4v) is 1.24. The number of aldehydes is 1. The summed E-state index contributed by atoms with van der Waals surface area (Å²) in [7, 11) is 3.17. The standard InChI is InChI=1S/C12H14O3/c1-9(8-13)6-10-4-5-11(14-2)12(7-10)15-3/h4-8H,1-3H3. The van der Waals surface area contributed by atoms with Gasteiger partial charge in [0.05, 0.1) is 14.2 Å². The molecule has 0 atom stereocenters. The van der Waals surface area contributed by atoms with Gasteiger partial charge in [0.25, 0.3) is 0 Å². The molecule has 0 spiro atoms. The fourth-order valence-electron chi connectivity index (χ4n) is 1.24. The third kappa shape index (κ3) is 2.84. The second-order valence-electron chi connectivity index (χ2n) is 3.12. The molecule has 0 unspecified atom stereocenters. The Kier molecular flexibility index (Phi) is 3.92. The number of benzene rings is 1. The first-order chi connectivity index (χ1) is 7.21. The van der Waals surface area contributed by atoms with Crippen LogP contribution in [0.4, 0.5) is 0 Å². The van der Waals surface area contributed by atoms with Crippen molar-refractivity contribution in [1.82, 2.24) is 0 Å². The number of hydrogen-bond donors (Lipinski definition) is 0. The van der Waals surface area contributed by atoms with E-state index >= 15 is 0 Å². The van der Waals surface area contributed by atoms with E-state index in [1.807, 2.05) is 18.2 Å². The molecule has 0 saturated heterocycles. The topological polar surface area (TPSA) is 35.5 Å². The van der Waals surface area contributed by atoms with E-state index in [0.29, 0.717) is 17.1 Å². The molecule has 0 amide bonds. The Bertz CT molecular complexity index is 380. The Labute approximate surface area is 89.3 Å². The van der Waals surface area contributed by atoms with Gasteiger partial charge in [-0.2, -0.15) is 0 Å². The van der Waals surface area contributed by atoms with Crippen LogP contribution >= 0.6 is 0 Å². The molecular formula is C12H14O3. The predicted octanol–water partition coefficient (Wildman–Crippen LogP) is 2.31.